The number of halogens is 1. The zero-order valence-electron chi connectivity index (χ0n) is 18.4. The van der Waals surface area contributed by atoms with Crippen LogP contribution in [0.4, 0.5) is 16.0 Å². The summed E-state index contributed by atoms with van der Waals surface area (Å²) in [6.07, 6.45) is 1.74. The lowest BCUT2D eigenvalue weighted by molar-refractivity contribution is 0.0827. The van der Waals surface area contributed by atoms with Crippen LogP contribution in [0.25, 0.3) is 22.2 Å². The summed E-state index contributed by atoms with van der Waals surface area (Å²) in [6, 6.07) is 8.53. The molecule has 1 aromatic carbocycles. The van der Waals surface area contributed by atoms with Crippen LogP contribution >= 0.6 is 0 Å². The largest absolute Gasteiger partial charge is 0.480 e. The number of anilines is 2. The van der Waals surface area contributed by atoms with Gasteiger partial charge in [-0.2, -0.15) is 14.4 Å². The Morgan fingerprint density at radius 1 is 1.12 bits per heavy atom. The van der Waals surface area contributed by atoms with Gasteiger partial charge in [-0.3, -0.25) is 4.79 Å². The summed E-state index contributed by atoms with van der Waals surface area (Å²) in [6.45, 7) is 3.63. The first-order valence-electron chi connectivity index (χ1n) is 9.94. The summed E-state index contributed by atoms with van der Waals surface area (Å²) in [5, 5.41) is 3.83. The highest BCUT2D eigenvalue weighted by Gasteiger charge is 2.17. The number of benzene rings is 1. The topological polar surface area (TPSA) is 96.0 Å². The van der Waals surface area contributed by atoms with Gasteiger partial charge in [0.1, 0.15) is 5.65 Å². The smallest absolute Gasteiger partial charge is 0.253 e. The Morgan fingerprint density at radius 2 is 1.91 bits per heavy atom. The summed E-state index contributed by atoms with van der Waals surface area (Å²) in [5.41, 5.74) is 4.72. The maximum Gasteiger partial charge on any atom is 0.253 e. The van der Waals surface area contributed by atoms with E-state index in [0.29, 0.717) is 39.7 Å². The lowest BCUT2D eigenvalue weighted by Gasteiger charge is -2.14. The second kappa shape index (κ2) is 8.26. The van der Waals surface area contributed by atoms with Gasteiger partial charge in [0.15, 0.2) is 0 Å². The normalized spacial score (nSPS) is 10.9. The number of fused-ring (bicyclic) bond motifs is 1. The van der Waals surface area contributed by atoms with Crippen molar-refractivity contribution in [2.24, 2.45) is 0 Å². The zero-order valence-corrected chi connectivity index (χ0v) is 18.4. The minimum Gasteiger partial charge on any atom is -0.480 e. The number of rotatable bonds is 5. The highest BCUT2D eigenvalue weighted by molar-refractivity contribution is 5.98. The van der Waals surface area contributed by atoms with Crippen LogP contribution < -0.4 is 10.1 Å². The summed E-state index contributed by atoms with van der Waals surface area (Å²) < 4.78 is 19.4. The van der Waals surface area contributed by atoms with Gasteiger partial charge in [-0.15, -0.1) is 0 Å². The van der Waals surface area contributed by atoms with E-state index in [0.717, 1.165) is 16.8 Å². The number of hydrogen-bond acceptors (Lipinski definition) is 6. The van der Waals surface area contributed by atoms with Gasteiger partial charge in [-0.05, 0) is 49.2 Å². The van der Waals surface area contributed by atoms with Gasteiger partial charge in [0, 0.05) is 48.9 Å². The van der Waals surface area contributed by atoms with Gasteiger partial charge < -0.3 is 19.9 Å². The molecule has 2 N–H and O–H groups in total. The fourth-order valence-corrected chi connectivity index (χ4v) is 3.53. The number of aromatic nitrogens is 4. The van der Waals surface area contributed by atoms with Crippen molar-refractivity contribution in [2.45, 2.75) is 13.8 Å². The summed E-state index contributed by atoms with van der Waals surface area (Å²) in [4.78, 5) is 29.7. The first-order valence-corrected chi connectivity index (χ1v) is 9.94. The Labute approximate surface area is 184 Å². The zero-order chi connectivity index (χ0) is 23.0. The van der Waals surface area contributed by atoms with Gasteiger partial charge in [-0.1, -0.05) is 0 Å². The average Bonchev–Trinajstić information content (AvgIpc) is 3.17. The lowest BCUT2D eigenvalue weighted by Crippen LogP contribution is -2.21. The second-order valence-electron chi connectivity index (χ2n) is 7.66. The molecule has 4 aromatic rings. The minimum absolute atomic E-state index is 0.0688. The van der Waals surface area contributed by atoms with Crippen molar-refractivity contribution in [1.29, 1.82) is 0 Å². The molecular weight excluding hydrogens is 411 g/mol. The van der Waals surface area contributed by atoms with E-state index < -0.39 is 5.95 Å². The molecule has 0 radical (unpaired) electrons. The summed E-state index contributed by atoms with van der Waals surface area (Å²) in [7, 11) is 4.95. The predicted molar refractivity (Wildman–Crippen MR) is 121 cm³/mol. The van der Waals surface area contributed by atoms with Gasteiger partial charge in [0.2, 0.25) is 17.8 Å². The molecule has 4 rings (SSSR count). The number of pyridine rings is 1. The maximum atomic E-state index is 13.9. The van der Waals surface area contributed by atoms with Gasteiger partial charge in [-0.25, -0.2) is 4.98 Å². The fraction of sp³-hybridized carbons (Fsp3) is 0.217. The molecule has 32 heavy (non-hydrogen) atoms. The third-order valence-electron chi connectivity index (χ3n) is 5.05. The number of amides is 1. The molecule has 9 heteroatoms. The van der Waals surface area contributed by atoms with E-state index in [-0.39, 0.29) is 5.91 Å². The number of nitrogens with zero attached hydrogens (tertiary/aromatic N) is 4. The molecule has 0 fully saturated rings. The first kappa shape index (κ1) is 21.2. The van der Waals surface area contributed by atoms with Crippen molar-refractivity contribution < 1.29 is 13.9 Å². The Kier molecular flexibility index (Phi) is 5.48. The molecule has 0 aliphatic carbocycles. The van der Waals surface area contributed by atoms with Gasteiger partial charge in [0.05, 0.1) is 12.5 Å². The predicted octanol–water partition coefficient (Wildman–Crippen LogP) is 4.23. The Bertz CT molecular complexity index is 1310. The Morgan fingerprint density at radius 3 is 2.56 bits per heavy atom. The molecule has 0 spiro atoms. The third-order valence-corrected chi connectivity index (χ3v) is 5.05. The van der Waals surface area contributed by atoms with E-state index in [9.17, 15) is 9.18 Å². The molecule has 8 nitrogen and oxygen atoms in total. The number of H-pyrrole nitrogens is 1. The van der Waals surface area contributed by atoms with Gasteiger partial charge >= 0.3 is 0 Å². The molecule has 164 valence electrons. The summed E-state index contributed by atoms with van der Waals surface area (Å²) in [5.74, 6) is 0.0511. The van der Waals surface area contributed by atoms with Crippen molar-refractivity contribution >= 4 is 28.6 Å². The molecule has 0 saturated carbocycles. The monoisotopic (exact) mass is 434 g/mol. The standard InChI is InChI=1S/C23H23FN6O2/c1-12-8-14(22(31)30(3)4)6-7-17(12)27-23-28-20-19(21(29-23)32-5)16(11-25-20)15-9-13(2)26-18(24)10-15/h6-11H,1-5H3,(H2,25,27,28,29). The van der Waals surface area contributed by atoms with Crippen LogP contribution in [0.1, 0.15) is 21.6 Å². The van der Waals surface area contributed by atoms with Crippen molar-refractivity contribution in [1.82, 2.24) is 24.8 Å². The molecular formula is C23H23FN6O2. The lowest BCUT2D eigenvalue weighted by atomic mass is 10.1. The SMILES string of the molecule is COc1nc(Nc2ccc(C(=O)N(C)C)cc2C)nc2[nH]cc(-c3cc(C)nc(F)c3)c12. The average molecular weight is 434 g/mol. The number of hydrogen-bond donors (Lipinski definition) is 2. The molecule has 3 aromatic heterocycles. The van der Waals surface area contributed by atoms with Crippen molar-refractivity contribution in [3.05, 3.63) is 59.3 Å². The van der Waals surface area contributed by atoms with Crippen molar-refractivity contribution in [3.8, 4) is 17.0 Å². The first-order chi connectivity index (χ1) is 15.3. The molecule has 0 bridgehead atoms. The number of methoxy groups -OCH3 is 1. The van der Waals surface area contributed by atoms with Crippen molar-refractivity contribution in [3.63, 3.8) is 0 Å². The second-order valence-corrected chi connectivity index (χ2v) is 7.66. The van der Waals surface area contributed by atoms with Crippen LogP contribution in [0.3, 0.4) is 0 Å². The van der Waals surface area contributed by atoms with E-state index in [1.807, 2.05) is 19.1 Å². The van der Waals surface area contributed by atoms with Crippen molar-refractivity contribution in [2.75, 3.05) is 26.5 Å². The highest BCUT2D eigenvalue weighted by Crippen LogP contribution is 2.35. The van der Waals surface area contributed by atoms with E-state index in [2.05, 4.69) is 25.3 Å². The van der Waals surface area contributed by atoms with Crippen LogP contribution in [0.15, 0.2) is 36.5 Å². The number of nitrogens with one attached hydrogen (secondary N) is 2. The Balaban J connectivity index is 1.72. The third kappa shape index (κ3) is 3.96. The Hall–Kier alpha value is -4.01. The number of ether oxygens (including phenoxy) is 1. The van der Waals surface area contributed by atoms with Crippen LogP contribution in [0, 0.1) is 19.8 Å². The molecule has 0 aliphatic rings. The number of carbonyl (C=O) groups is 1. The van der Waals surface area contributed by atoms with Gasteiger partial charge in [0.25, 0.3) is 5.91 Å². The van der Waals surface area contributed by atoms with Crippen LogP contribution in [-0.4, -0.2) is 51.9 Å². The molecule has 3 heterocycles. The highest BCUT2D eigenvalue weighted by atomic mass is 19.1. The quantitative estimate of drug-likeness (QED) is 0.457. The van der Waals surface area contributed by atoms with E-state index >= 15 is 0 Å². The molecule has 0 saturated heterocycles. The maximum absolute atomic E-state index is 13.9. The molecule has 0 unspecified atom stereocenters. The number of aryl methyl sites for hydroxylation is 2. The van der Waals surface area contributed by atoms with E-state index in [1.54, 1.807) is 39.3 Å². The van der Waals surface area contributed by atoms with Crippen LogP contribution in [-0.2, 0) is 0 Å². The minimum atomic E-state index is -0.556. The van der Waals surface area contributed by atoms with E-state index in [1.165, 1.54) is 18.1 Å². The van der Waals surface area contributed by atoms with E-state index in [4.69, 9.17) is 4.74 Å². The molecule has 1 amide bonds. The van der Waals surface area contributed by atoms with Crippen LogP contribution in [0.5, 0.6) is 5.88 Å². The summed E-state index contributed by atoms with van der Waals surface area (Å²) >= 11 is 0. The van der Waals surface area contributed by atoms with Crippen LogP contribution in [0.2, 0.25) is 0 Å². The molecule has 0 aliphatic heterocycles. The number of carbonyl (C=O) groups excluding carboxylic acids is 1. The number of aromatic amines is 1. The molecule has 0 atom stereocenters. The fourth-order valence-electron chi connectivity index (χ4n) is 3.53.